The standard InChI is InChI=1S/C51H31N5S/c1-4-16-32(17-5-1)35-30-41-38-24-12-15-27-45(38)57-48(41)44(31-35)55-42-25-13-10-22-36(42)39-28-29-40-37-23-11-14-26-43(37)56(47(40)46(39)55)51-53-49(33-18-6-2-7-19-33)52-50(54-51)34-20-8-3-9-21-34/h1-31H/i1D,2D,3D,4D,5D,6D,7D,8D,9D,12D,15D,16D,17D,18D,19D,20D,21D,24D,27D,30D,31D. The van der Waals surface area contributed by atoms with Crippen molar-refractivity contribution >= 4 is 75.1 Å². The number of hydrogen-bond donors (Lipinski definition) is 0. The molecule has 0 spiro atoms. The number of benzene rings is 8. The van der Waals surface area contributed by atoms with Crippen LogP contribution < -0.4 is 0 Å². The van der Waals surface area contributed by atoms with E-state index in [1.165, 1.54) is 0 Å². The van der Waals surface area contributed by atoms with E-state index in [-0.39, 0.29) is 42.8 Å². The zero-order chi connectivity index (χ0) is 55.7. The molecule has 5 nitrogen and oxygen atoms in total. The lowest BCUT2D eigenvalue weighted by molar-refractivity contribution is 0.953. The van der Waals surface area contributed by atoms with Crippen LogP contribution in [0.25, 0.3) is 109 Å². The Balaban J connectivity index is 1.33. The first-order valence-electron chi connectivity index (χ1n) is 27.9. The van der Waals surface area contributed by atoms with E-state index < -0.39 is 161 Å². The van der Waals surface area contributed by atoms with Crippen LogP contribution in [0.4, 0.5) is 0 Å². The minimum atomic E-state index is -0.755. The molecule has 6 heteroatoms. The average Bonchev–Trinajstić information content (AvgIpc) is 3.82. The minimum absolute atomic E-state index is 0.00827. The number of aromatic nitrogens is 5. The molecule has 57 heavy (non-hydrogen) atoms. The Kier molecular flexibility index (Phi) is 3.88. The van der Waals surface area contributed by atoms with Gasteiger partial charge in [0.15, 0.2) is 11.6 Å². The lowest BCUT2D eigenvalue weighted by Crippen LogP contribution is -2.07. The fraction of sp³-hybridized carbons (Fsp3) is 0. The Hall–Kier alpha value is -7.41. The van der Waals surface area contributed by atoms with Crippen molar-refractivity contribution in [2.45, 2.75) is 0 Å². The molecule has 0 amide bonds. The molecule has 4 aromatic heterocycles. The highest BCUT2D eigenvalue weighted by atomic mass is 32.1. The van der Waals surface area contributed by atoms with Crippen LogP contribution in [-0.2, 0) is 0 Å². The summed E-state index contributed by atoms with van der Waals surface area (Å²) < 4.78 is 190. The van der Waals surface area contributed by atoms with Gasteiger partial charge >= 0.3 is 0 Å². The lowest BCUT2D eigenvalue weighted by Gasteiger charge is -2.15. The quantitative estimate of drug-likeness (QED) is 0.175. The lowest BCUT2D eigenvalue weighted by atomic mass is 10.0. The third-order valence-electron chi connectivity index (χ3n) is 9.76. The van der Waals surface area contributed by atoms with Gasteiger partial charge in [-0.2, -0.15) is 9.97 Å². The molecule has 0 aliphatic carbocycles. The SMILES string of the molecule is [2H]c1c([2H])c([2H])c(-c2nc(-c3c([2H])c([2H])c([2H])c([2H])c3[2H])nc(-n3c4ccccc4c4ccc5c6ccccc6n(-c6c([2H])c(-c7c([2H])c([2H])c([2H])c([2H])c7[2H])c([2H])c7c6sc6c([2H])c([2H])c([2H])c([2H])c67)c5c43)n2)c([2H])c1[2H]. The van der Waals surface area contributed by atoms with Gasteiger partial charge in [-0.3, -0.25) is 4.57 Å². The number of thiophene rings is 1. The van der Waals surface area contributed by atoms with E-state index >= 15 is 0 Å². The summed E-state index contributed by atoms with van der Waals surface area (Å²) in [7, 11) is 0. The third kappa shape index (κ3) is 4.91. The molecule has 0 atom stereocenters. The van der Waals surface area contributed by atoms with E-state index in [0.717, 1.165) is 11.3 Å². The van der Waals surface area contributed by atoms with Crippen LogP contribution in [0.3, 0.4) is 0 Å². The molecule has 0 radical (unpaired) electrons. The molecule has 0 unspecified atom stereocenters. The summed E-state index contributed by atoms with van der Waals surface area (Å²) in [5.41, 5.74) is -0.708. The molecule has 0 N–H and O–H groups in total. The van der Waals surface area contributed by atoms with Gasteiger partial charge in [-0.1, -0.05) is 157 Å². The molecule has 0 aliphatic heterocycles. The van der Waals surface area contributed by atoms with Crippen LogP contribution in [0.1, 0.15) is 28.8 Å². The smallest absolute Gasteiger partial charge is 0.238 e. The van der Waals surface area contributed by atoms with Crippen molar-refractivity contribution in [2.75, 3.05) is 0 Å². The molecular weight excluding hydrogens is 715 g/mol. The summed E-state index contributed by atoms with van der Waals surface area (Å²) >= 11 is 0.870. The molecule has 0 bridgehead atoms. The maximum atomic E-state index is 10.3. The summed E-state index contributed by atoms with van der Waals surface area (Å²) in [6.45, 7) is 0. The second kappa shape index (κ2) is 12.6. The fourth-order valence-electron chi connectivity index (χ4n) is 7.45. The third-order valence-corrected chi connectivity index (χ3v) is 10.9. The Morgan fingerprint density at radius 2 is 0.947 bits per heavy atom. The Labute approximate surface area is 360 Å². The van der Waals surface area contributed by atoms with Crippen molar-refractivity contribution in [3.05, 3.63) is 188 Å². The van der Waals surface area contributed by atoms with Gasteiger partial charge in [0.25, 0.3) is 0 Å². The molecule has 4 heterocycles. The predicted octanol–water partition coefficient (Wildman–Crippen LogP) is 13.4. The van der Waals surface area contributed by atoms with Crippen LogP contribution in [0, 0.1) is 0 Å². The first-order valence-corrected chi connectivity index (χ1v) is 18.2. The summed E-state index contributed by atoms with van der Waals surface area (Å²) in [5.74, 6) is -1.41. The highest BCUT2D eigenvalue weighted by Gasteiger charge is 2.25. The highest BCUT2D eigenvalue weighted by Crippen LogP contribution is 2.46. The van der Waals surface area contributed by atoms with Crippen LogP contribution in [0.15, 0.2) is 188 Å². The van der Waals surface area contributed by atoms with E-state index in [9.17, 15) is 4.11 Å². The van der Waals surface area contributed by atoms with Gasteiger partial charge in [0.1, 0.15) is 0 Å². The van der Waals surface area contributed by atoms with E-state index in [4.69, 9.17) is 34.6 Å². The first kappa shape index (κ1) is 17.6. The predicted molar refractivity (Wildman–Crippen MR) is 238 cm³/mol. The van der Waals surface area contributed by atoms with E-state index in [1.54, 1.807) is 57.7 Å². The fourth-order valence-corrected chi connectivity index (χ4v) is 8.50. The maximum Gasteiger partial charge on any atom is 0.238 e. The summed E-state index contributed by atoms with van der Waals surface area (Å²) in [6, 6.07) is 3.36. The number of fused-ring (bicyclic) bond motifs is 10. The Morgan fingerprint density at radius 3 is 1.58 bits per heavy atom. The van der Waals surface area contributed by atoms with Gasteiger partial charge in [0.05, 0.1) is 61.2 Å². The molecule has 0 fully saturated rings. The number of rotatable bonds is 5. The van der Waals surface area contributed by atoms with Crippen LogP contribution in [0.2, 0.25) is 0 Å². The molecular formula is C51H31N5S. The molecule has 0 saturated carbocycles. The van der Waals surface area contributed by atoms with Crippen molar-refractivity contribution in [1.82, 2.24) is 24.1 Å². The minimum Gasteiger partial charge on any atom is -0.306 e. The van der Waals surface area contributed by atoms with E-state index in [1.807, 2.05) is 12.1 Å². The van der Waals surface area contributed by atoms with Crippen LogP contribution >= 0.6 is 11.3 Å². The zero-order valence-electron chi connectivity index (χ0n) is 49.9. The van der Waals surface area contributed by atoms with Crippen LogP contribution in [0.5, 0.6) is 0 Å². The Morgan fingerprint density at radius 1 is 0.421 bits per heavy atom. The maximum absolute atomic E-state index is 10.3. The van der Waals surface area contributed by atoms with E-state index in [2.05, 4.69) is 4.98 Å². The molecule has 12 aromatic rings. The number of nitrogens with zero attached hydrogens (tertiary/aromatic N) is 5. The van der Waals surface area contributed by atoms with Crippen molar-refractivity contribution in [2.24, 2.45) is 0 Å². The second-order valence-corrected chi connectivity index (χ2v) is 13.9. The summed E-state index contributed by atoms with van der Waals surface area (Å²) in [4.78, 5) is 14.1. The topological polar surface area (TPSA) is 48.5 Å². The van der Waals surface area contributed by atoms with Gasteiger partial charge < -0.3 is 4.57 Å². The number of para-hydroxylation sites is 2. The molecule has 12 rings (SSSR count). The Bertz CT molecular complexity index is 4600. The van der Waals surface area contributed by atoms with Gasteiger partial charge in [-0.15, -0.1) is 11.3 Å². The normalized spacial score (nSPS) is 17.0. The highest BCUT2D eigenvalue weighted by molar-refractivity contribution is 7.26. The monoisotopic (exact) mass is 766 g/mol. The molecule has 8 aromatic carbocycles. The summed E-state index contributed by atoms with van der Waals surface area (Å²) in [5, 5.41) is 1.93. The molecule has 0 saturated heterocycles. The largest absolute Gasteiger partial charge is 0.306 e. The van der Waals surface area contributed by atoms with Gasteiger partial charge in [0.2, 0.25) is 5.95 Å². The van der Waals surface area contributed by atoms with Crippen molar-refractivity contribution in [1.29, 1.82) is 0 Å². The molecule has 266 valence electrons. The van der Waals surface area contributed by atoms with Gasteiger partial charge in [0, 0.05) is 48.1 Å². The summed E-state index contributed by atoms with van der Waals surface area (Å²) in [6.07, 6.45) is 0. The van der Waals surface area contributed by atoms with Crippen molar-refractivity contribution in [3.8, 4) is 45.5 Å². The first-order chi connectivity index (χ1) is 37.0. The average molecular weight is 767 g/mol. The van der Waals surface area contributed by atoms with Crippen LogP contribution in [-0.4, -0.2) is 24.1 Å². The van der Waals surface area contributed by atoms with Gasteiger partial charge in [-0.25, -0.2) is 4.98 Å². The second-order valence-electron chi connectivity index (χ2n) is 12.8. The van der Waals surface area contributed by atoms with Crippen molar-refractivity contribution < 1.29 is 28.8 Å². The number of hydrogen-bond acceptors (Lipinski definition) is 4. The molecule has 0 aliphatic rings. The zero-order valence-corrected chi connectivity index (χ0v) is 29.7. The van der Waals surface area contributed by atoms with Crippen molar-refractivity contribution in [3.63, 3.8) is 0 Å². The van der Waals surface area contributed by atoms with E-state index in [0.29, 0.717) is 32.6 Å². The van der Waals surface area contributed by atoms with Gasteiger partial charge in [-0.05, 0) is 41.4 Å².